The lowest BCUT2D eigenvalue weighted by Gasteiger charge is -2.56. The summed E-state index contributed by atoms with van der Waals surface area (Å²) in [5.74, 6) is 2.27. The van der Waals surface area contributed by atoms with E-state index in [2.05, 4.69) is 23.7 Å². The standard InChI is InChI=1S/C17H21NO3Si/c1-18-6-5-17-9-3-4-11(19)16(17)21-15-12(20-2)8-22-13(14(15)17)7-10(9)18/h3-4,8-11,16,19,22H,5-7H2,1-2H3/t9-,10+,11-,16-,17-/m0/s1. The Bertz CT molecular complexity index is 691. The van der Waals surface area contributed by atoms with Gasteiger partial charge < -0.3 is 19.5 Å². The quantitative estimate of drug-likeness (QED) is 0.608. The summed E-state index contributed by atoms with van der Waals surface area (Å²) in [5.41, 5.74) is 3.60. The normalized spacial score (nSPS) is 41.0. The van der Waals surface area contributed by atoms with E-state index in [1.807, 2.05) is 6.08 Å². The molecule has 2 bridgehead atoms. The fourth-order valence-corrected chi connectivity index (χ4v) is 6.97. The summed E-state index contributed by atoms with van der Waals surface area (Å²) < 4.78 is 11.9. The lowest BCUT2D eigenvalue weighted by molar-refractivity contribution is -0.0450. The van der Waals surface area contributed by atoms with Crippen LogP contribution in [0.4, 0.5) is 0 Å². The molecule has 0 saturated carbocycles. The molecule has 0 unspecified atom stereocenters. The van der Waals surface area contributed by atoms with E-state index in [0.717, 1.165) is 30.9 Å². The van der Waals surface area contributed by atoms with Crippen molar-refractivity contribution >= 4 is 9.12 Å². The fraction of sp³-hybridized carbons (Fsp3) is 0.588. The Labute approximate surface area is 132 Å². The predicted octanol–water partition coefficient (Wildman–Crippen LogP) is 0.571. The van der Waals surface area contributed by atoms with Crippen molar-refractivity contribution in [1.82, 2.24) is 4.90 Å². The minimum absolute atomic E-state index is 0.0285. The highest BCUT2D eigenvalue weighted by atomic mass is 28.2. The summed E-state index contributed by atoms with van der Waals surface area (Å²) in [5, 5.41) is 12.1. The van der Waals surface area contributed by atoms with Crippen molar-refractivity contribution in [2.75, 3.05) is 20.7 Å². The summed E-state index contributed by atoms with van der Waals surface area (Å²) in [4.78, 5) is 2.51. The summed E-state index contributed by atoms with van der Waals surface area (Å²) in [6.45, 7) is 1.08. The number of hydrogen-bond acceptors (Lipinski definition) is 4. The first kappa shape index (κ1) is 13.3. The molecule has 5 rings (SSSR count). The summed E-state index contributed by atoms with van der Waals surface area (Å²) in [7, 11) is 4.09. The molecule has 0 radical (unpaired) electrons. The number of likely N-dealkylation sites (N-methyl/N-ethyl adjacent to an activating group) is 1. The maximum atomic E-state index is 10.6. The van der Waals surface area contributed by atoms with Crippen LogP contribution < -0.4 is 9.47 Å². The zero-order valence-corrected chi connectivity index (χ0v) is 14.1. The van der Waals surface area contributed by atoms with Crippen LogP contribution >= 0.6 is 0 Å². The number of methoxy groups -OCH3 is 1. The molecule has 116 valence electrons. The van der Waals surface area contributed by atoms with Gasteiger partial charge in [0, 0.05) is 32.1 Å². The summed E-state index contributed by atoms with van der Waals surface area (Å²) in [6.07, 6.45) is 5.76. The first-order valence-corrected chi connectivity index (χ1v) is 9.35. The van der Waals surface area contributed by atoms with Gasteiger partial charge in [-0.05, 0) is 32.1 Å². The highest BCUT2D eigenvalue weighted by Crippen LogP contribution is 2.61. The number of aliphatic hydroxyl groups excluding tert-OH is 1. The summed E-state index contributed by atoms with van der Waals surface area (Å²) >= 11 is 0. The minimum atomic E-state index is -0.515. The van der Waals surface area contributed by atoms with E-state index in [9.17, 15) is 5.11 Å². The van der Waals surface area contributed by atoms with Gasteiger partial charge in [0.05, 0.1) is 7.11 Å². The second-order valence-corrected chi connectivity index (χ2v) is 8.48. The van der Waals surface area contributed by atoms with Crippen LogP contribution in [0.2, 0.25) is 0 Å². The van der Waals surface area contributed by atoms with E-state index in [1.165, 1.54) is 5.56 Å². The van der Waals surface area contributed by atoms with Crippen LogP contribution in [0.25, 0.3) is 0 Å². The number of nitrogens with zero attached hydrogens (tertiary/aromatic N) is 1. The van der Waals surface area contributed by atoms with Crippen molar-refractivity contribution < 1.29 is 14.6 Å². The minimum Gasteiger partial charge on any atom is -0.493 e. The van der Waals surface area contributed by atoms with Gasteiger partial charge in [0.2, 0.25) is 0 Å². The van der Waals surface area contributed by atoms with Crippen molar-refractivity contribution in [2.45, 2.75) is 36.5 Å². The molecule has 0 amide bonds. The van der Waals surface area contributed by atoms with Crippen LogP contribution in [0.5, 0.6) is 11.5 Å². The largest absolute Gasteiger partial charge is 0.493 e. The highest BCUT2D eigenvalue weighted by molar-refractivity contribution is 6.32. The van der Waals surface area contributed by atoms with Crippen LogP contribution in [-0.4, -0.2) is 58.1 Å². The molecule has 1 aromatic heterocycles. The van der Waals surface area contributed by atoms with E-state index in [0.29, 0.717) is 12.0 Å². The number of hydrogen-bond donors (Lipinski definition) is 1. The molecule has 3 heterocycles. The van der Waals surface area contributed by atoms with Crippen LogP contribution in [-0.2, 0) is 11.8 Å². The van der Waals surface area contributed by atoms with Crippen LogP contribution in [0.1, 0.15) is 17.2 Å². The van der Waals surface area contributed by atoms with E-state index >= 15 is 0 Å². The molecule has 2 aliphatic heterocycles. The van der Waals surface area contributed by atoms with Crippen molar-refractivity contribution in [3.05, 3.63) is 28.6 Å². The Morgan fingerprint density at radius 1 is 1.45 bits per heavy atom. The molecule has 1 spiro atoms. The van der Waals surface area contributed by atoms with E-state index in [1.54, 1.807) is 12.3 Å². The zero-order chi connectivity index (χ0) is 15.1. The highest BCUT2D eigenvalue weighted by Gasteiger charge is 2.64. The van der Waals surface area contributed by atoms with Crippen molar-refractivity contribution in [1.29, 1.82) is 0 Å². The van der Waals surface area contributed by atoms with Gasteiger partial charge in [-0.25, -0.2) is 0 Å². The third kappa shape index (κ3) is 1.34. The molecule has 4 nitrogen and oxygen atoms in total. The Kier molecular flexibility index (Phi) is 2.55. The van der Waals surface area contributed by atoms with Gasteiger partial charge in [-0.1, -0.05) is 17.3 Å². The first-order chi connectivity index (χ1) is 10.7. The number of aliphatic hydroxyl groups is 1. The maximum Gasteiger partial charge on any atom is 0.165 e. The Morgan fingerprint density at radius 3 is 3.14 bits per heavy atom. The van der Waals surface area contributed by atoms with Crippen LogP contribution in [0.15, 0.2) is 17.8 Å². The second kappa shape index (κ2) is 4.22. The number of rotatable bonds is 1. The molecule has 0 aromatic carbocycles. The van der Waals surface area contributed by atoms with Crippen LogP contribution in [0, 0.1) is 5.92 Å². The smallest absolute Gasteiger partial charge is 0.165 e. The molecule has 5 heteroatoms. The van der Waals surface area contributed by atoms with Gasteiger partial charge in [0.15, 0.2) is 11.5 Å². The Balaban J connectivity index is 1.82. The van der Waals surface area contributed by atoms with Crippen molar-refractivity contribution in [3.8, 4) is 11.5 Å². The van der Waals surface area contributed by atoms with Gasteiger partial charge in [-0.15, -0.1) is 0 Å². The molecule has 1 fully saturated rings. The topological polar surface area (TPSA) is 41.9 Å². The van der Waals surface area contributed by atoms with E-state index in [-0.39, 0.29) is 20.6 Å². The van der Waals surface area contributed by atoms with Gasteiger partial charge in [0.25, 0.3) is 0 Å². The van der Waals surface area contributed by atoms with Gasteiger partial charge in [-0.3, -0.25) is 0 Å². The molecule has 5 atom stereocenters. The number of piperidine rings is 1. The molecule has 1 saturated heterocycles. The third-order valence-electron chi connectivity index (χ3n) is 6.35. The molecule has 2 aliphatic carbocycles. The average Bonchev–Trinajstić information content (AvgIpc) is 2.88. The van der Waals surface area contributed by atoms with Gasteiger partial charge in [0.1, 0.15) is 12.2 Å². The lowest BCUT2D eigenvalue weighted by Crippen LogP contribution is -2.64. The average molecular weight is 315 g/mol. The van der Waals surface area contributed by atoms with E-state index < -0.39 is 6.10 Å². The SMILES string of the molecule is COc1c[siH]c2c3c1O[C@H]1[C@@H](O)C=C[C@H]4[C@@H](C2)N(C)CC[C@@]341. The summed E-state index contributed by atoms with van der Waals surface area (Å²) in [6, 6.07) is 0.548. The third-order valence-corrected chi connectivity index (χ3v) is 7.75. The van der Waals surface area contributed by atoms with Gasteiger partial charge in [-0.2, -0.15) is 0 Å². The van der Waals surface area contributed by atoms with E-state index in [4.69, 9.17) is 9.47 Å². The molecule has 1 N–H and O–H groups in total. The maximum absolute atomic E-state index is 10.6. The fourth-order valence-electron chi connectivity index (χ4n) is 5.39. The lowest BCUT2D eigenvalue weighted by atomic mass is 9.54. The number of ether oxygens (including phenoxy) is 2. The first-order valence-electron chi connectivity index (χ1n) is 8.10. The predicted molar refractivity (Wildman–Crippen MR) is 85.2 cm³/mol. The second-order valence-electron chi connectivity index (χ2n) is 7.11. The molecule has 22 heavy (non-hydrogen) atoms. The van der Waals surface area contributed by atoms with Gasteiger partial charge >= 0.3 is 0 Å². The molecular weight excluding hydrogens is 294 g/mol. The molecular formula is C17H21NO3Si. The molecule has 4 aliphatic rings. The van der Waals surface area contributed by atoms with Crippen molar-refractivity contribution in [3.63, 3.8) is 0 Å². The zero-order valence-electron chi connectivity index (χ0n) is 13.0. The van der Waals surface area contributed by atoms with Crippen molar-refractivity contribution in [2.24, 2.45) is 5.92 Å². The monoisotopic (exact) mass is 315 g/mol. The number of likely N-dealkylation sites (tertiary alicyclic amines) is 1. The molecule has 1 aromatic rings. The van der Waals surface area contributed by atoms with Crippen LogP contribution in [0.3, 0.4) is 0 Å². The Hall–Kier alpha value is -1.17. The Morgan fingerprint density at radius 2 is 2.32 bits per heavy atom.